The van der Waals surface area contributed by atoms with E-state index in [0.29, 0.717) is 0 Å². The van der Waals surface area contributed by atoms with Gasteiger partial charge in [-0.05, 0) is 37.9 Å². The first-order valence-electron chi connectivity index (χ1n) is 5.09. The Hall–Kier alpha value is -0.480. The summed E-state index contributed by atoms with van der Waals surface area (Å²) in [5.74, 6) is 0. The first-order chi connectivity index (χ1) is 6.74. The highest BCUT2D eigenvalue weighted by Gasteiger charge is 2.14. The largest absolute Gasteiger partial charge is 0.336 e. The minimum atomic E-state index is 0.789. The van der Waals surface area contributed by atoms with E-state index in [4.69, 9.17) is 24.4 Å². The zero-order valence-electron chi connectivity index (χ0n) is 8.30. The van der Waals surface area contributed by atoms with Crippen molar-refractivity contribution in [1.29, 1.82) is 0 Å². The molecule has 0 amide bonds. The van der Waals surface area contributed by atoms with Gasteiger partial charge in [0.15, 0.2) is 4.77 Å². The van der Waals surface area contributed by atoms with Gasteiger partial charge in [-0.3, -0.25) is 0 Å². The summed E-state index contributed by atoms with van der Waals surface area (Å²) in [6.45, 7) is 3.07. The van der Waals surface area contributed by atoms with Crippen molar-refractivity contribution in [3.63, 3.8) is 0 Å². The van der Waals surface area contributed by atoms with Crippen LogP contribution in [0.5, 0.6) is 0 Å². The lowest BCUT2D eigenvalue weighted by atomic mass is 10.3. The number of rotatable bonds is 2. The van der Waals surface area contributed by atoms with Gasteiger partial charge >= 0.3 is 0 Å². The van der Waals surface area contributed by atoms with Crippen LogP contribution in [0, 0.1) is 9.41 Å². The van der Waals surface area contributed by atoms with E-state index < -0.39 is 0 Å². The quantitative estimate of drug-likeness (QED) is 0.782. The average Bonchev–Trinajstić information content (AvgIpc) is 2.60. The molecule has 0 unspecified atom stereocenters. The Labute approximate surface area is 94.0 Å². The second-order valence-electron chi connectivity index (χ2n) is 3.70. The van der Waals surface area contributed by atoms with E-state index in [2.05, 4.69) is 16.5 Å². The van der Waals surface area contributed by atoms with Crippen molar-refractivity contribution in [2.45, 2.75) is 39.2 Å². The molecule has 1 aliphatic carbocycles. The van der Waals surface area contributed by atoms with Crippen molar-refractivity contribution in [2.24, 2.45) is 0 Å². The summed E-state index contributed by atoms with van der Waals surface area (Å²) in [4.78, 5) is 3.29. The molecule has 2 nitrogen and oxygen atoms in total. The highest BCUT2D eigenvalue weighted by Crippen LogP contribution is 2.21. The van der Waals surface area contributed by atoms with Gasteiger partial charge in [0.2, 0.25) is 0 Å². The van der Waals surface area contributed by atoms with E-state index in [0.717, 1.165) is 35.2 Å². The molecule has 0 radical (unpaired) electrons. The van der Waals surface area contributed by atoms with Crippen LogP contribution in [0.25, 0.3) is 0 Å². The molecule has 0 saturated carbocycles. The van der Waals surface area contributed by atoms with Crippen molar-refractivity contribution in [3.8, 4) is 0 Å². The molecule has 1 heterocycles. The maximum Gasteiger partial charge on any atom is 0.178 e. The van der Waals surface area contributed by atoms with E-state index in [1.54, 1.807) is 0 Å². The molecule has 2 rings (SSSR count). The molecule has 0 spiro atoms. The van der Waals surface area contributed by atoms with Gasteiger partial charge in [0, 0.05) is 17.8 Å². The highest BCUT2D eigenvalue weighted by atomic mass is 32.1. The third-order valence-electron chi connectivity index (χ3n) is 2.67. The SMILES string of the molecule is CCCn1c(=S)[nH]c2c(c1=S)CCC2. The van der Waals surface area contributed by atoms with E-state index in [9.17, 15) is 0 Å². The molecular formula is C10H14N2S2. The number of nitrogens with one attached hydrogen (secondary N) is 1. The predicted octanol–water partition coefficient (Wildman–Crippen LogP) is 3.17. The molecule has 76 valence electrons. The van der Waals surface area contributed by atoms with Crippen LogP contribution in [0.4, 0.5) is 0 Å². The summed E-state index contributed by atoms with van der Waals surface area (Å²) in [6, 6.07) is 0. The Morgan fingerprint density at radius 3 is 2.86 bits per heavy atom. The Bertz CT molecular complexity index is 456. The zero-order chi connectivity index (χ0) is 10.1. The second kappa shape index (κ2) is 3.95. The Morgan fingerprint density at radius 1 is 1.36 bits per heavy atom. The van der Waals surface area contributed by atoms with Crippen molar-refractivity contribution in [1.82, 2.24) is 9.55 Å². The molecule has 1 aromatic heterocycles. The van der Waals surface area contributed by atoms with E-state index >= 15 is 0 Å². The zero-order valence-corrected chi connectivity index (χ0v) is 9.93. The summed E-state index contributed by atoms with van der Waals surface area (Å²) in [5, 5.41) is 0. The van der Waals surface area contributed by atoms with Crippen molar-refractivity contribution in [3.05, 3.63) is 20.7 Å². The number of hydrogen-bond donors (Lipinski definition) is 1. The van der Waals surface area contributed by atoms with Gasteiger partial charge in [-0.2, -0.15) is 0 Å². The van der Waals surface area contributed by atoms with Crippen LogP contribution in [-0.4, -0.2) is 9.55 Å². The highest BCUT2D eigenvalue weighted by molar-refractivity contribution is 7.72. The van der Waals surface area contributed by atoms with Gasteiger partial charge in [0.1, 0.15) is 4.64 Å². The fraction of sp³-hybridized carbons (Fsp3) is 0.600. The summed E-state index contributed by atoms with van der Waals surface area (Å²) >= 11 is 10.7. The first-order valence-corrected chi connectivity index (χ1v) is 5.90. The van der Waals surface area contributed by atoms with E-state index in [1.165, 1.54) is 17.7 Å². The molecule has 0 fully saturated rings. The maximum absolute atomic E-state index is 5.45. The van der Waals surface area contributed by atoms with Crippen LogP contribution in [0.15, 0.2) is 0 Å². The van der Waals surface area contributed by atoms with Gasteiger partial charge in [0.25, 0.3) is 0 Å². The van der Waals surface area contributed by atoms with E-state index in [1.807, 2.05) is 0 Å². The standard InChI is InChI=1S/C10H14N2S2/c1-2-6-12-9(13)7-4-3-5-8(7)11-10(12)14/h2-6H2,1H3,(H,11,14). The third-order valence-corrected chi connectivity index (χ3v) is 3.46. The molecule has 0 atom stereocenters. The van der Waals surface area contributed by atoms with Crippen molar-refractivity contribution < 1.29 is 0 Å². The minimum absolute atomic E-state index is 0.789. The molecule has 14 heavy (non-hydrogen) atoms. The molecule has 4 heteroatoms. The summed E-state index contributed by atoms with van der Waals surface area (Å²) in [5.41, 5.74) is 2.59. The number of aryl methyl sites for hydroxylation is 1. The lowest BCUT2D eigenvalue weighted by Gasteiger charge is -2.09. The monoisotopic (exact) mass is 226 g/mol. The van der Waals surface area contributed by atoms with Crippen LogP contribution in [0.2, 0.25) is 0 Å². The Kier molecular flexibility index (Phi) is 2.83. The van der Waals surface area contributed by atoms with Gasteiger partial charge in [-0.1, -0.05) is 19.1 Å². The molecule has 0 aromatic carbocycles. The summed E-state index contributed by atoms with van der Waals surface area (Å²) in [7, 11) is 0. The first kappa shape index (κ1) is 10.1. The lowest BCUT2D eigenvalue weighted by molar-refractivity contribution is 0.636. The van der Waals surface area contributed by atoms with Crippen LogP contribution < -0.4 is 0 Å². The maximum atomic E-state index is 5.45. The summed E-state index contributed by atoms with van der Waals surface area (Å²) < 4.78 is 3.80. The lowest BCUT2D eigenvalue weighted by Crippen LogP contribution is -2.07. The number of fused-ring (bicyclic) bond motifs is 1. The normalized spacial score (nSPS) is 14.4. The molecular weight excluding hydrogens is 212 g/mol. The average molecular weight is 226 g/mol. The fourth-order valence-corrected chi connectivity index (χ4v) is 2.77. The molecule has 1 aliphatic rings. The van der Waals surface area contributed by atoms with E-state index in [-0.39, 0.29) is 0 Å². The number of aromatic amines is 1. The third kappa shape index (κ3) is 1.57. The minimum Gasteiger partial charge on any atom is -0.336 e. The second-order valence-corrected chi connectivity index (χ2v) is 4.47. The predicted molar refractivity (Wildman–Crippen MR) is 62.8 cm³/mol. The molecule has 0 bridgehead atoms. The number of nitrogens with zero attached hydrogens (tertiary/aromatic N) is 1. The topological polar surface area (TPSA) is 20.7 Å². The number of H-pyrrole nitrogens is 1. The van der Waals surface area contributed by atoms with Gasteiger partial charge < -0.3 is 9.55 Å². The van der Waals surface area contributed by atoms with Gasteiger partial charge in [-0.25, -0.2) is 0 Å². The molecule has 0 aliphatic heterocycles. The smallest absolute Gasteiger partial charge is 0.178 e. The summed E-state index contributed by atoms with van der Waals surface area (Å²) in [6.07, 6.45) is 4.50. The van der Waals surface area contributed by atoms with Crippen LogP contribution in [0.3, 0.4) is 0 Å². The van der Waals surface area contributed by atoms with Gasteiger partial charge in [0.05, 0.1) is 0 Å². The van der Waals surface area contributed by atoms with Gasteiger partial charge in [-0.15, -0.1) is 0 Å². The number of aromatic nitrogens is 2. The van der Waals surface area contributed by atoms with Crippen LogP contribution in [0.1, 0.15) is 31.0 Å². The van der Waals surface area contributed by atoms with Crippen molar-refractivity contribution in [2.75, 3.05) is 0 Å². The number of hydrogen-bond acceptors (Lipinski definition) is 2. The van der Waals surface area contributed by atoms with Crippen LogP contribution >= 0.6 is 24.4 Å². The van der Waals surface area contributed by atoms with Crippen LogP contribution in [-0.2, 0) is 19.4 Å². The van der Waals surface area contributed by atoms with Crippen molar-refractivity contribution >= 4 is 24.4 Å². The fourth-order valence-electron chi connectivity index (χ4n) is 2.00. The Balaban J connectivity index is 2.63. The Morgan fingerprint density at radius 2 is 2.14 bits per heavy atom. The molecule has 1 N–H and O–H groups in total. The molecule has 0 saturated heterocycles. The molecule has 1 aromatic rings.